The summed E-state index contributed by atoms with van der Waals surface area (Å²) in [6, 6.07) is 14.3. The first-order valence-electron chi connectivity index (χ1n) is 9.45. The minimum absolute atomic E-state index is 0.111. The number of guanidine groups is 1. The molecule has 0 spiro atoms. The zero-order chi connectivity index (χ0) is 21.3. The van der Waals surface area contributed by atoms with Crippen LogP contribution in [0.5, 0.6) is 0 Å². The van der Waals surface area contributed by atoms with Gasteiger partial charge in [0.15, 0.2) is 15.8 Å². The number of nitrogens with zero attached hydrogens (tertiary/aromatic N) is 1. The number of sulfone groups is 1. The van der Waals surface area contributed by atoms with Crippen LogP contribution in [-0.4, -0.2) is 46.7 Å². The summed E-state index contributed by atoms with van der Waals surface area (Å²) in [4.78, 5) is 16.5. The maximum Gasteiger partial charge on any atom is 0.251 e. The molecule has 0 saturated carbocycles. The Morgan fingerprint density at radius 2 is 1.59 bits per heavy atom. The molecule has 29 heavy (non-hydrogen) atoms. The van der Waals surface area contributed by atoms with Crippen molar-refractivity contribution in [1.29, 1.82) is 0 Å². The van der Waals surface area contributed by atoms with Crippen LogP contribution >= 0.6 is 0 Å². The number of hydrogen-bond donors (Lipinski definition) is 3. The van der Waals surface area contributed by atoms with Crippen molar-refractivity contribution in [3.8, 4) is 0 Å². The molecule has 0 unspecified atom stereocenters. The van der Waals surface area contributed by atoms with Crippen molar-refractivity contribution < 1.29 is 13.2 Å². The number of aliphatic imine (C=N–C) groups is 1. The Morgan fingerprint density at radius 1 is 0.966 bits per heavy atom. The third kappa shape index (κ3) is 7.23. The molecule has 0 aliphatic rings. The predicted octanol–water partition coefficient (Wildman–Crippen LogP) is 1.75. The van der Waals surface area contributed by atoms with Gasteiger partial charge >= 0.3 is 0 Å². The molecular weight excluding hydrogens is 388 g/mol. The predicted molar refractivity (Wildman–Crippen MR) is 116 cm³/mol. The minimum Gasteiger partial charge on any atom is -0.357 e. The number of carbonyl (C=O) groups is 1. The van der Waals surface area contributed by atoms with E-state index in [1.165, 1.54) is 6.26 Å². The summed E-state index contributed by atoms with van der Waals surface area (Å²) in [6.45, 7) is 3.90. The number of nitrogens with one attached hydrogen (secondary N) is 3. The van der Waals surface area contributed by atoms with E-state index >= 15 is 0 Å². The van der Waals surface area contributed by atoms with Crippen LogP contribution in [-0.2, 0) is 22.8 Å². The molecule has 0 heterocycles. The second kappa shape index (κ2) is 10.6. The van der Waals surface area contributed by atoms with Crippen LogP contribution in [0.2, 0.25) is 0 Å². The van der Waals surface area contributed by atoms with Crippen LogP contribution in [0.3, 0.4) is 0 Å². The molecular formula is C21H28N4O3S. The first-order valence-corrected chi connectivity index (χ1v) is 11.3. The lowest BCUT2D eigenvalue weighted by Crippen LogP contribution is -2.38. The van der Waals surface area contributed by atoms with Crippen LogP contribution in [0.25, 0.3) is 0 Å². The highest BCUT2D eigenvalue weighted by molar-refractivity contribution is 7.90. The zero-order valence-corrected chi connectivity index (χ0v) is 17.8. The van der Waals surface area contributed by atoms with E-state index in [1.54, 1.807) is 31.3 Å². The van der Waals surface area contributed by atoms with Gasteiger partial charge in [-0.05, 0) is 48.7 Å². The molecule has 0 saturated heterocycles. The van der Waals surface area contributed by atoms with Crippen molar-refractivity contribution in [2.75, 3.05) is 26.4 Å². The van der Waals surface area contributed by atoms with E-state index < -0.39 is 9.84 Å². The van der Waals surface area contributed by atoms with Crippen molar-refractivity contribution in [3.05, 3.63) is 65.2 Å². The molecule has 0 aromatic heterocycles. The van der Waals surface area contributed by atoms with Crippen LogP contribution in [0.4, 0.5) is 0 Å². The zero-order valence-electron chi connectivity index (χ0n) is 17.0. The van der Waals surface area contributed by atoms with Gasteiger partial charge in [-0.1, -0.05) is 24.3 Å². The van der Waals surface area contributed by atoms with Crippen LogP contribution in [0, 0.1) is 0 Å². The molecule has 8 heteroatoms. The summed E-state index contributed by atoms with van der Waals surface area (Å²) in [5.74, 6) is 0.593. The van der Waals surface area contributed by atoms with E-state index in [4.69, 9.17) is 0 Å². The summed E-state index contributed by atoms with van der Waals surface area (Å²) < 4.78 is 23.0. The molecule has 7 nitrogen and oxygen atoms in total. The normalized spacial score (nSPS) is 11.8. The highest BCUT2D eigenvalue weighted by atomic mass is 32.2. The quantitative estimate of drug-likeness (QED) is 0.450. The van der Waals surface area contributed by atoms with E-state index in [1.807, 2.05) is 31.2 Å². The lowest BCUT2D eigenvalue weighted by molar-refractivity contribution is 0.0963. The number of hydrogen-bond acceptors (Lipinski definition) is 4. The van der Waals surface area contributed by atoms with E-state index in [0.29, 0.717) is 29.5 Å². The molecule has 0 bridgehead atoms. The summed E-state index contributed by atoms with van der Waals surface area (Å²) >= 11 is 0. The second-order valence-corrected chi connectivity index (χ2v) is 8.58. The maximum absolute atomic E-state index is 11.6. The number of rotatable bonds is 8. The summed E-state index contributed by atoms with van der Waals surface area (Å²) in [5, 5.41) is 9.08. The summed E-state index contributed by atoms with van der Waals surface area (Å²) in [5.41, 5.74) is 2.67. The Balaban J connectivity index is 1.91. The Kier molecular flexibility index (Phi) is 8.21. The molecule has 2 aromatic carbocycles. The van der Waals surface area contributed by atoms with Gasteiger partial charge < -0.3 is 16.0 Å². The average molecular weight is 417 g/mol. The van der Waals surface area contributed by atoms with Gasteiger partial charge in [0.2, 0.25) is 0 Å². The Bertz CT molecular complexity index is 937. The fourth-order valence-corrected chi connectivity index (χ4v) is 3.28. The maximum atomic E-state index is 11.6. The topological polar surface area (TPSA) is 99.7 Å². The van der Waals surface area contributed by atoms with E-state index in [2.05, 4.69) is 20.9 Å². The Hall–Kier alpha value is -2.87. The standard InChI is InChI=1S/C21H28N4O3S/c1-4-23-21(25-15-17-5-9-18(10-6-17)20(26)22-2)24-14-13-16-7-11-19(12-8-16)29(3,27)28/h5-12H,4,13-15H2,1-3H3,(H,22,26)(H2,23,24,25). The van der Waals surface area contributed by atoms with Gasteiger partial charge in [-0.3, -0.25) is 4.79 Å². The largest absolute Gasteiger partial charge is 0.357 e. The van der Waals surface area contributed by atoms with Gasteiger partial charge in [0.05, 0.1) is 11.4 Å². The highest BCUT2D eigenvalue weighted by Crippen LogP contribution is 2.10. The van der Waals surface area contributed by atoms with Gasteiger partial charge in [-0.15, -0.1) is 0 Å². The number of amides is 1. The SMILES string of the molecule is CCNC(=NCc1ccc(C(=O)NC)cc1)NCCc1ccc(S(C)(=O)=O)cc1. The molecule has 0 fully saturated rings. The molecule has 2 aromatic rings. The van der Waals surface area contributed by atoms with E-state index in [9.17, 15) is 13.2 Å². The highest BCUT2D eigenvalue weighted by Gasteiger charge is 2.06. The van der Waals surface area contributed by atoms with Crippen molar-refractivity contribution >= 4 is 21.7 Å². The Morgan fingerprint density at radius 3 is 2.14 bits per heavy atom. The van der Waals surface area contributed by atoms with Crippen molar-refractivity contribution in [3.63, 3.8) is 0 Å². The van der Waals surface area contributed by atoms with Gasteiger partial charge in [0, 0.05) is 32.0 Å². The summed E-state index contributed by atoms with van der Waals surface area (Å²) in [7, 11) is -1.56. The number of carbonyl (C=O) groups excluding carboxylic acids is 1. The molecule has 0 atom stereocenters. The first kappa shape index (κ1) is 22.4. The van der Waals surface area contributed by atoms with Gasteiger partial charge in [0.1, 0.15) is 0 Å². The molecule has 1 amide bonds. The molecule has 3 N–H and O–H groups in total. The molecule has 2 rings (SSSR count). The third-order valence-corrected chi connectivity index (χ3v) is 5.39. The van der Waals surface area contributed by atoms with Crippen molar-refractivity contribution in [1.82, 2.24) is 16.0 Å². The molecule has 0 aliphatic carbocycles. The third-order valence-electron chi connectivity index (χ3n) is 4.26. The number of benzene rings is 2. The fraction of sp³-hybridized carbons (Fsp3) is 0.333. The van der Waals surface area contributed by atoms with Crippen LogP contribution in [0.15, 0.2) is 58.4 Å². The van der Waals surface area contributed by atoms with Gasteiger partial charge in [-0.25, -0.2) is 13.4 Å². The monoisotopic (exact) mass is 416 g/mol. The second-order valence-electron chi connectivity index (χ2n) is 6.56. The van der Waals surface area contributed by atoms with Crippen molar-refractivity contribution in [2.24, 2.45) is 4.99 Å². The molecule has 156 valence electrons. The first-order chi connectivity index (χ1) is 13.8. The Labute approximate surface area is 172 Å². The van der Waals surface area contributed by atoms with Crippen molar-refractivity contribution in [2.45, 2.75) is 24.8 Å². The lowest BCUT2D eigenvalue weighted by atomic mass is 10.1. The van der Waals surface area contributed by atoms with Gasteiger partial charge in [-0.2, -0.15) is 0 Å². The fourth-order valence-electron chi connectivity index (χ4n) is 2.65. The van der Waals surface area contributed by atoms with E-state index in [-0.39, 0.29) is 5.91 Å². The van der Waals surface area contributed by atoms with Crippen LogP contribution in [0.1, 0.15) is 28.4 Å². The van der Waals surface area contributed by atoms with Gasteiger partial charge in [0.25, 0.3) is 5.91 Å². The minimum atomic E-state index is -3.17. The van der Waals surface area contributed by atoms with Crippen LogP contribution < -0.4 is 16.0 Å². The summed E-state index contributed by atoms with van der Waals surface area (Å²) in [6.07, 6.45) is 1.95. The molecule has 0 radical (unpaired) electrons. The smallest absolute Gasteiger partial charge is 0.251 e. The average Bonchev–Trinajstić information content (AvgIpc) is 2.71. The lowest BCUT2D eigenvalue weighted by Gasteiger charge is -2.11. The van der Waals surface area contributed by atoms with E-state index in [0.717, 1.165) is 24.1 Å². The molecule has 0 aliphatic heterocycles.